The molecule has 0 aliphatic carbocycles. The third-order valence-corrected chi connectivity index (χ3v) is 12.7. The third kappa shape index (κ3) is 34.4. The molecular weight excluding hydrogens is 791 g/mol. The Morgan fingerprint density at radius 3 is 1.33 bits per heavy atom. The van der Waals surface area contributed by atoms with Gasteiger partial charge in [-0.05, 0) is 44.9 Å². The first kappa shape index (κ1) is 59.4. The first-order chi connectivity index (χ1) is 30.8. The molecule has 1 saturated heterocycles. The zero-order valence-corrected chi connectivity index (χ0v) is 40.8. The molecule has 9 nitrogen and oxygen atoms in total. The fourth-order valence-electron chi connectivity index (χ4n) is 8.42. The number of aliphatic hydroxyl groups is 5. The van der Waals surface area contributed by atoms with Gasteiger partial charge in [0, 0.05) is 6.42 Å². The molecule has 1 rings (SSSR count). The van der Waals surface area contributed by atoms with E-state index in [-0.39, 0.29) is 12.5 Å². The summed E-state index contributed by atoms with van der Waals surface area (Å²) < 4.78 is 11.2. The Morgan fingerprint density at radius 1 is 0.524 bits per heavy atom. The topological polar surface area (TPSA) is 149 Å². The van der Waals surface area contributed by atoms with Crippen molar-refractivity contribution in [2.45, 2.75) is 288 Å². The van der Waals surface area contributed by atoms with Gasteiger partial charge in [-0.25, -0.2) is 0 Å². The molecule has 9 heteroatoms. The molecule has 0 bridgehead atoms. The zero-order chi connectivity index (χ0) is 45.9. The predicted octanol–water partition coefficient (Wildman–Crippen LogP) is 12.4. The third-order valence-electron chi connectivity index (χ3n) is 12.7. The summed E-state index contributed by atoms with van der Waals surface area (Å²) in [6.45, 7) is 3.75. The number of amides is 1. The van der Waals surface area contributed by atoms with Gasteiger partial charge in [-0.3, -0.25) is 4.79 Å². The van der Waals surface area contributed by atoms with E-state index in [2.05, 4.69) is 43.5 Å². The predicted molar refractivity (Wildman–Crippen MR) is 263 cm³/mol. The largest absolute Gasteiger partial charge is 0.394 e. The van der Waals surface area contributed by atoms with Crippen molar-refractivity contribution in [3.63, 3.8) is 0 Å². The highest BCUT2D eigenvalue weighted by Crippen LogP contribution is 2.23. The van der Waals surface area contributed by atoms with Crippen LogP contribution in [0.5, 0.6) is 0 Å². The average molecular weight is 892 g/mol. The maximum Gasteiger partial charge on any atom is 0.220 e. The number of nitrogens with one attached hydrogen (secondary N) is 1. The van der Waals surface area contributed by atoms with Crippen LogP contribution in [-0.2, 0) is 14.3 Å². The van der Waals surface area contributed by atoms with Gasteiger partial charge in [0.1, 0.15) is 24.4 Å². The zero-order valence-electron chi connectivity index (χ0n) is 40.8. The van der Waals surface area contributed by atoms with Gasteiger partial charge in [-0.15, -0.1) is 0 Å². The SMILES string of the molecule is CCCCCC/C=C/CC/C=C/CC/C=C/C(O)C(COC1OC(CO)C(O)C(O)C1O)NC(=O)CCCCCCCCCCCCCCCCCCCCCCCCCCCC. The van der Waals surface area contributed by atoms with E-state index in [1.165, 1.54) is 173 Å². The number of unbranched alkanes of at least 4 members (excludes halogenated alkanes) is 31. The van der Waals surface area contributed by atoms with Crippen molar-refractivity contribution in [1.82, 2.24) is 5.32 Å². The number of ether oxygens (including phenoxy) is 2. The highest BCUT2D eigenvalue weighted by atomic mass is 16.7. The van der Waals surface area contributed by atoms with E-state index < -0.39 is 49.5 Å². The summed E-state index contributed by atoms with van der Waals surface area (Å²) in [5.41, 5.74) is 0. The molecular formula is C54H101NO8. The van der Waals surface area contributed by atoms with Crippen LogP contribution in [0.25, 0.3) is 0 Å². The van der Waals surface area contributed by atoms with Gasteiger partial charge in [0.2, 0.25) is 5.91 Å². The summed E-state index contributed by atoms with van der Waals surface area (Å²) in [6.07, 6.45) is 49.3. The minimum absolute atomic E-state index is 0.188. The van der Waals surface area contributed by atoms with E-state index in [0.29, 0.717) is 6.42 Å². The average Bonchev–Trinajstić information content (AvgIpc) is 3.28. The van der Waals surface area contributed by atoms with Crippen molar-refractivity contribution in [3.8, 4) is 0 Å². The number of hydrogen-bond acceptors (Lipinski definition) is 8. The second-order valence-corrected chi connectivity index (χ2v) is 18.7. The van der Waals surface area contributed by atoms with Gasteiger partial charge in [0.15, 0.2) is 6.29 Å². The first-order valence-corrected chi connectivity index (χ1v) is 26.7. The molecule has 1 aliphatic heterocycles. The van der Waals surface area contributed by atoms with Gasteiger partial charge < -0.3 is 40.3 Å². The molecule has 1 aliphatic rings. The summed E-state index contributed by atoms with van der Waals surface area (Å²) >= 11 is 0. The molecule has 0 aromatic carbocycles. The second-order valence-electron chi connectivity index (χ2n) is 18.7. The van der Waals surface area contributed by atoms with E-state index >= 15 is 0 Å². The molecule has 0 aromatic heterocycles. The molecule has 0 spiro atoms. The van der Waals surface area contributed by atoms with Crippen LogP contribution in [0, 0.1) is 0 Å². The van der Waals surface area contributed by atoms with Crippen molar-refractivity contribution in [1.29, 1.82) is 0 Å². The Hall–Kier alpha value is -1.59. The van der Waals surface area contributed by atoms with Gasteiger partial charge in [0.25, 0.3) is 0 Å². The lowest BCUT2D eigenvalue weighted by molar-refractivity contribution is -0.302. The van der Waals surface area contributed by atoms with Gasteiger partial charge >= 0.3 is 0 Å². The molecule has 1 fully saturated rings. The lowest BCUT2D eigenvalue weighted by Gasteiger charge is -2.40. The van der Waals surface area contributed by atoms with Crippen LogP contribution in [0.2, 0.25) is 0 Å². The molecule has 0 saturated carbocycles. The van der Waals surface area contributed by atoms with Crippen molar-refractivity contribution in [2.24, 2.45) is 0 Å². The highest BCUT2D eigenvalue weighted by Gasteiger charge is 2.44. The summed E-state index contributed by atoms with van der Waals surface area (Å²) in [6, 6.07) is -0.825. The molecule has 0 aromatic rings. The lowest BCUT2D eigenvalue weighted by atomic mass is 9.99. The standard InChI is InChI=1S/C54H101NO8/c1-3-5-7-9-11-13-15-17-19-20-21-22-23-24-25-26-27-28-29-30-32-34-36-38-40-42-44-50(58)55-47(46-62-54-53(61)52(60)51(59)49(45-56)63-54)48(57)43-41-39-37-35-33-31-18-16-14-12-10-8-6-4-2/h14,16,33,35,41,43,47-49,51-54,56-57,59-61H,3-13,15,17-32,34,36-40,42,44-46H2,1-2H3,(H,55,58)/b16-14+,35-33+,43-41+. The van der Waals surface area contributed by atoms with E-state index in [1.807, 2.05) is 6.08 Å². The quantitative estimate of drug-likeness (QED) is 0.0261. The number of allylic oxidation sites excluding steroid dienone is 5. The van der Waals surface area contributed by atoms with Gasteiger partial charge in [-0.2, -0.15) is 0 Å². The van der Waals surface area contributed by atoms with Crippen LogP contribution >= 0.6 is 0 Å². The summed E-state index contributed by atoms with van der Waals surface area (Å²) in [7, 11) is 0. The molecule has 0 radical (unpaired) electrons. The van der Waals surface area contributed by atoms with Crippen molar-refractivity contribution >= 4 is 5.91 Å². The van der Waals surface area contributed by atoms with E-state index in [4.69, 9.17) is 9.47 Å². The fourth-order valence-corrected chi connectivity index (χ4v) is 8.42. The number of carbonyl (C=O) groups excluding carboxylic acids is 1. The summed E-state index contributed by atoms with van der Waals surface area (Å²) in [5, 5.41) is 54.3. The Labute approximate surface area is 387 Å². The maximum atomic E-state index is 13.0. The first-order valence-electron chi connectivity index (χ1n) is 26.7. The van der Waals surface area contributed by atoms with Crippen LogP contribution in [-0.4, -0.2) is 87.5 Å². The Bertz CT molecular complexity index is 1080. The molecule has 7 atom stereocenters. The van der Waals surface area contributed by atoms with E-state index in [0.717, 1.165) is 51.4 Å². The Balaban J connectivity index is 2.22. The number of hydrogen-bond donors (Lipinski definition) is 6. The molecule has 63 heavy (non-hydrogen) atoms. The number of aliphatic hydroxyl groups excluding tert-OH is 5. The minimum Gasteiger partial charge on any atom is -0.394 e. The fraction of sp³-hybridized carbons (Fsp3) is 0.870. The van der Waals surface area contributed by atoms with Crippen molar-refractivity contribution in [3.05, 3.63) is 36.5 Å². The minimum atomic E-state index is -1.57. The van der Waals surface area contributed by atoms with Crippen molar-refractivity contribution < 1.29 is 39.8 Å². The van der Waals surface area contributed by atoms with Gasteiger partial charge in [0.05, 0.1) is 25.4 Å². The van der Waals surface area contributed by atoms with Crippen LogP contribution < -0.4 is 5.32 Å². The normalized spacial score (nSPS) is 20.4. The van der Waals surface area contributed by atoms with Crippen molar-refractivity contribution in [2.75, 3.05) is 13.2 Å². The smallest absolute Gasteiger partial charge is 0.220 e. The lowest BCUT2D eigenvalue weighted by Crippen LogP contribution is -2.60. The van der Waals surface area contributed by atoms with E-state index in [9.17, 15) is 30.3 Å². The molecule has 6 N–H and O–H groups in total. The van der Waals surface area contributed by atoms with Crippen LogP contribution in [0.15, 0.2) is 36.5 Å². The maximum absolute atomic E-state index is 13.0. The Kier molecular flexibility index (Phi) is 41.7. The molecule has 370 valence electrons. The van der Waals surface area contributed by atoms with Crippen LogP contribution in [0.4, 0.5) is 0 Å². The van der Waals surface area contributed by atoms with Crippen LogP contribution in [0.1, 0.15) is 245 Å². The van der Waals surface area contributed by atoms with Crippen LogP contribution in [0.3, 0.4) is 0 Å². The molecule has 1 amide bonds. The van der Waals surface area contributed by atoms with E-state index in [1.54, 1.807) is 6.08 Å². The summed E-state index contributed by atoms with van der Waals surface area (Å²) in [5.74, 6) is -0.188. The number of carbonyl (C=O) groups is 1. The summed E-state index contributed by atoms with van der Waals surface area (Å²) in [4.78, 5) is 13.0. The second kappa shape index (κ2) is 44.3. The Morgan fingerprint density at radius 2 is 0.905 bits per heavy atom. The monoisotopic (exact) mass is 892 g/mol. The highest BCUT2D eigenvalue weighted by molar-refractivity contribution is 5.76. The number of rotatable bonds is 45. The van der Waals surface area contributed by atoms with Gasteiger partial charge in [-0.1, -0.05) is 230 Å². The molecule has 7 unspecified atom stereocenters. The molecule has 1 heterocycles.